The lowest BCUT2D eigenvalue weighted by Crippen LogP contribution is -2.53. The van der Waals surface area contributed by atoms with E-state index >= 15 is 0 Å². The molecule has 31 heavy (non-hydrogen) atoms. The Morgan fingerprint density at radius 2 is 1.48 bits per heavy atom. The van der Waals surface area contributed by atoms with Crippen LogP contribution in [0, 0.1) is 0 Å². The van der Waals surface area contributed by atoms with Gasteiger partial charge in [0, 0.05) is 29.5 Å². The largest absolute Gasteiger partial charge is 0.300 e. The van der Waals surface area contributed by atoms with Crippen molar-refractivity contribution >= 4 is 11.6 Å². The molecule has 0 N–H and O–H groups in total. The Hall–Kier alpha value is -4.06. The average molecular weight is 406 g/mol. The summed E-state index contributed by atoms with van der Waals surface area (Å²) in [5, 5.41) is 4.86. The first-order valence-electron chi connectivity index (χ1n) is 10.3. The van der Waals surface area contributed by atoms with Crippen molar-refractivity contribution in [3.8, 4) is 22.6 Å². The van der Waals surface area contributed by atoms with Gasteiger partial charge in [0.25, 0.3) is 5.56 Å². The molecule has 150 valence electrons. The molecule has 1 amide bonds. The molecule has 0 spiro atoms. The molecule has 1 aromatic heterocycles. The van der Waals surface area contributed by atoms with Crippen LogP contribution in [0.3, 0.4) is 0 Å². The fourth-order valence-electron chi connectivity index (χ4n) is 4.80. The number of rotatable bonds is 2. The standard InChI is InChI=1S/C25H18N4O2/c30-21-15-16-25(18-11-5-2-6-12-18)28(21)20-14-8-7-13-19(20)23-26-24(31)22(27-29(23)25)17-9-3-1-4-10-17/h1-14H,15-16H2. The maximum atomic E-state index is 13.2. The van der Waals surface area contributed by atoms with Crippen molar-refractivity contribution in [2.24, 2.45) is 0 Å². The highest BCUT2D eigenvalue weighted by Gasteiger charge is 2.54. The number of aromatic nitrogens is 3. The first-order chi connectivity index (χ1) is 15.2. The van der Waals surface area contributed by atoms with Gasteiger partial charge in [0.2, 0.25) is 5.91 Å². The topological polar surface area (TPSA) is 68.1 Å². The van der Waals surface area contributed by atoms with Gasteiger partial charge in [-0.1, -0.05) is 72.8 Å². The Balaban J connectivity index is 1.74. The third kappa shape index (κ3) is 2.39. The van der Waals surface area contributed by atoms with Crippen LogP contribution >= 0.6 is 0 Å². The van der Waals surface area contributed by atoms with Crippen molar-refractivity contribution in [3.05, 3.63) is 101 Å². The highest BCUT2D eigenvalue weighted by molar-refractivity contribution is 6.02. The van der Waals surface area contributed by atoms with E-state index in [1.807, 2.05) is 89.8 Å². The number of carbonyl (C=O) groups is 1. The van der Waals surface area contributed by atoms with Gasteiger partial charge in [-0.15, -0.1) is 0 Å². The van der Waals surface area contributed by atoms with E-state index in [9.17, 15) is 9.59 Å². The van der Waals surface area contributed by atoms with Crippen LogP contribution < -0.4 is 10.5 Å². The fraction of sp³-hybridized carbons (Fsp3) is 0.120. The molecule has 6 nitrogen and oxygen atoms in total. The predicted molar refractivity (Wildman–Crippen MR) is 117 cm³/mol. The molecule has 3 heterocycles. The zero-order chi connectivity index (χ0) is 21.0. The minimum absolute atomic E-state index is 0.0312. The summed E-state index contributed by atoms with van der Waals surface area (Å²) in [7, 11) is 0. The predicted octanol–water partition coefficient (Wildman–Crippen LogP) is 3.81. The Morgan fingerprint density at radius 1 is 0.806 bits per heavy atom. The molecule has 1 saturated heterocycles. The number of nitrogens with zero attached hydrogens (tertiary/aromatic N) is 4. The molecule has 0 saturated carbocycles. The molecule has 2 aliphatic heterocycles. The highest BCUT2D eigenvalue weighted by Crippen LogP contribution is 2.50. The van der Waals surface area contributed by atoms with Crippen molar-refractivity contribution in [1.29, 1.82) is 0 Å². The smallest absolute Gasteiger partial charge is 0.282 e. The van der Waals surface area contributed by atoms with Crippen molar-refractivity contribution < 1.29 is 4.79 Å². The van der Waals surface area contributed by atoms with E-state index in [0.717, 1.165) is 16.8 Å². The second-order valence-corrected chi connectivity index (χ2v) is 7.80. The summed E-state index contributed by atoms with van der Waals surface area (Å²) in [6.45, 7) is 0. The summed E-state index contributed by atoms with van der Waals surface area (Å²) < 4.78 is 1.79. The van der Waals surface area contributed by atoms with Crippen LogP contribution in [0.1, 0.15) is 18.4 Å². The van der Waals surface area contributed by atoms with Crippen LogP contribution in [-0.4, -0.2) is 20.7 Å². The Morgan fingerprint density at radius 3 is 2.26 bits per heavy atom. The molecule has 0 aliphatic carbocycles. The highest BCUT2D eigenvalue weighted by atomic mass is 16.2. The van der Waals surface area contributed by atoms with E-state index in [2.05, 4.69) is 4.98 Å². The normalized spacial score (nSPS) is 19.0. The summed E-state index contributed by atoms with van der Waals surface area (Å²) in [6, 6.07) is 26.8. The molecule has 1 fully saturated rings. The maximum absolute atomic E-state index is 13.2. The summed E-state index contributed by atoms with van der Waals surface area (Å²) in [5.41, 5.74) is 2.16. The van der Waals surface area contributed by atoms with Crippen molar-refractivity contribution in [2.75, 3.05) is 4.90 Å². The number of fused-ring (bicyclic) bond motifs is 6. The van der Waals surface area contributed by atoms with Crippen molar-refractivity contribution in [1.82, 2.24) is 14.8 Å². The molecule has 0 bridgehead atoms. The summed E-state index contributed by atoms with van der Waals surface area (Å²) in [6.07, 6.45) is 0.931. The van der Waals surface area contributed by atoms with Crippen LogP contribution in [0.25, 0.3) is 22.6 Å². The molecule has 6 heteroatoms. The lowest BCUT2D eigenvalue weighted by atomic mass is 9.92. The molecule has 4 aromatic rings. The lowest BCUT2D eigenvalue weighted by Gasteiger charge is -2.44. The van der Waals surface area contributed by atoms with E-state index in [1.165, 1.54) is 0 Å². The van der Waals surface area contributed by atoms with Gasteiger partial charge in [0.05, 0.1) is 5.69 Å². The Labute approximate surface area is 178 Å². The molecule has 2 aliphatic rings. The molecule has 0 radical (unpaired) electrons. The van der Waals surface area contributed by atoms with E-state index in [1.54, 1.807) is 4.68 Å². The number of hydrogen-bond acceptors (Lipinski definition) is 4. The Kier molecular flexibility index (Phi) is 3.71. The van der Waals surface area contributed by atoms with E-state index in [-0.39, 0.29) is 17.2 Å². The maximum Gasteiger partial charge on any atom is 0.300 e. The molecule has 1 unspecified atom stereocenters. The first kappa shape index (κ1) is 17.8. The summed E-state index contributed by atoms with van der Waals surface area (Å²) in [4.78, 5) is 32.5. The van der Waals surface area contributed by atoms with Gasteiger partial charge in [0.15, 0.2) is 17.2 Å². The van der Waals surface area contributed by atoms with Gasteiger partial charge in [-0.25, -0.2) is 4.68 Å². The van der Waals surface area contributed by atoms with Crippen LogP contribution in [0.2, 0.25) is 0 Å². The van der Waals surface area contributed by atoms with E-state index < -0.39 is 5.66 Å². The number of anilines is 1. The average Bonchev–Trinajstić information content (AvgIpc) is 3.18. The SMILES string of the molecule is O=C1CCC2(c3ccccc3)N1c1ccccc1-c1nc(=O)c(-c3ccccc3)nn12. The third-order valence-corrected chi connectivity index (χ3v) is 6.14. The molecule has 1 atom stereocenters. The van der Waals surface area contributed by atoms with Gasteiger partial charge in [-0.05, 0) is 12.1 Å². The number of carbonyl (C=O) groups excluding carboxylic acids is 1. The number of benzene rings is 3. The second kappa shape index (κ2) is 6.47. The number of para-hydroxylation sites is 1. The van der Waals surface area contributed by atoms with Crippen molar-refractivity contribution in [3.63, 3.8) is 0 Å². The van der Waals surface area contributed by atoms with Crippen LogP contribution in [0.4, 0.5) is 5.69 Å². The monoisotopic (exact) mass is 406 g/mol. The van der Waals surface area contributed by atoms with E-state index in [4.69, 9.17) is 5.10 Å². The molecular formula is C25H18N4O2. The number of hydrogen-bond donors (Lipinski definition) is 0. The zero-order valence-electron chi connectivity index (χ0n) is 16.6. The quantitative estimate of drug-likeness (QED) is 0.508. The summed E-state index contributed by atoms with van der Waals surface area (Å²) in [5.74, 6) is 0.513. The van der Waals surface area contributed by atoms with Gasteiger partial charge in [-0.3, -0.25) is 14.5 Å². The van der Waals surface area contributed by atoms with Gasteiger partial charge in [-0.2, -0.15) is 10.1 Å². The van der Waals surface area contributed by atoms with E-state index in [0.29, 0.717) is 24.2 Å². The molecular weight excluding hydrogens is 388 g/mol. The second-order valence-electron chi connectivity index (χ2n) is 7.80. The summed E-state index contributed by atoms with van der Waals surface area (Å²) >= 11 is 0. The van der Waals surface area contributed by atoms with Crippen LogP contribution in [0.5, 0.6) is 0 Å². The first-order valence-corrected chi connectivity index (χ1v) is 10.3. The lowest BCUT2D eigenvalue weighted by molar-refractivity contribution is -0.117. The molecule has 6 rings (SSSR count). The number of amides is 1. The third-order valence-electron chi connectivity index (χ3n) is 6.14. The van der Waals surface area contributed by atoms with Crippen LogP contribution in [0.15, 0.2) is 89.7 Å². The molecule has 3 aromatic carbocycles. The van der Waals surface area contributed by atoms with Crippen LogP contribution in [-0.2, 0) is 10.5 Å². The van der Waals surface area contributed by atoms with Gasteiger partial charge >= 0.3 is 0 Å². The minimum Gasteiger partial charge on any atom is -0.282 e. The zero-order valence-corrected chi connectivity index (χ0v) is 16.6. The van der Waals surface area contributed by atoms with Gasteiger partial charge < -0.3 is 0 Å². The van der Waals surface area contributed by atoms with Crippen molar-refractivity contribution in [2.45, 2.75) is 18.5 Å². The fourth-order valence-corrected chi connectivity index (χ4v) is 4.80. The Bertz CT molecular complexity index is 1380. The van der Waals surface area contributed by atoms with Gasteiger partial charge in [0.1, 0.15) is 0 Å². The minimum atomic E-state index is -0.869.